The van der Waals surface area contributed by atoms with Gasteiger partial charge in [0.15, 0.2) is 0 Å². The first-order valence-electron chi connectivity index (χ1n) is 7.17. The number of nitrogens with zero attached hydrogens (tertiary/aromatic N) is 1. The number of halogens is 2. The van der Waals surface area contributed by atoms with Gasteiger partial charge in [0.25, 0.3) is 0 Å². The highest BCUT2D eigenvalue weighted by molar-refractivity contribution is 6.42. The molecule has 8 heteroatoms. The number of furan rings is 1. The molecule has 128 valence electrons. The number of carbonyl (C=O) groups is 2. The molecule has 0 aliphatic rings. The van der Waals surface area contributed by atoms with E-state index in [2.05, 4.69) is 10.6 Å². The van der Waals surface area contributed by atoms with Crippen molar-refractivity contribution in [1.82, 2.24) is 15.5 Å². The summed E-state index contributed by atoms with van der Waals surface area (Å²) in [5.41, 5.74) is 0.807. The molecule has 0 unspecified atom stereocenters. The lowest BCUT2D eigenvalue weighted by Crippen LogP contribution is -2.43. The number of nitrogens with one attached hydrogen (secondary N) is 2. The highest BCUT2D eigenvalue weighted by Crippen LogP contribution is 2.26. The second kappa shape index (κ2) is 8.73. The molecule has 0 saturated carbocycles. The Balaban J connectivity index is 1.76. The average molecular weight is 370 g/mol. The van der Waals surface area contributed by atoms with Crippen LogP contribution in [0.2, 0.25) is 10.0 Å². The van der Waals surface area contributed by atoms with Gasteiger partial charge in [0, 0.05) is 6.54 Å². The van der Waals surface area contributed by atoms with Gasteiger partial charge in [-0.25, -0.2) is 4.79 Å². The van der Waals surface area contributed by atoms with E-state index in [0.717, 1.165) is 5.56 Å². The summed E-state index contributed by atoms with van der Waals surface area (Å²) in [6, 6.07) is 8.19. The molecular weight excluding hydrogens is 353 g/mol. The Labute approximate surface area is 149 Å². The fourth-order valence-electron chi connectivity index (χ4n) is 2.05. The maximum absolute atomic E-state index is 11.9. The fourth-order valence-corrected chi connectivity index (χ4v) is 2.43. The van der Waals surface area contributed by atoms with Crippen LogP contribution in [0.15, 0.2) is 41.0 Å². The van der Waals surface area contributed by atoms with Gasteiger partial charge in [-0.1, -0.05) is 35.3 Å². The van der Waals surface area contributed by atoms with Crippen molar-refractivity contribution in [3.05, 3.63) is 58.0 Å². The van der Waals surface area contributed by atoms with Crippen molar-refractivity contribution < 1.29 is 14.0 Å². The summed E-state index contributed by atoms with van der Waals surface area (Å²) in [6.45, 7) is 0.678. The van der Waals surface area contributed by atoms with Crippen molar-refractivity contribution in [2.24, 2.45) is 0 Å². The van der Waals surface area contributed by atoms with E-state index in [1.54, 1.807) is 36.2 Å². The van der Waals surface area contributed by atoms with Gasteiger partial charge in [-0.05, 0) is 30.8 Å². The van der Waals surface area contributed by atoms with E-state index in [1.807, 2.05) is 6.07 Å². The van der Waals surface area contributed by atoms with Gasteiger partial charge in [-0.15, -0.1) is 0 Å². The minimum atomic E-state index is -0.578. The summed E-state index contributed by atoms with van der Waals surface area (Å²) in [5, 5.41) is 5.71. The number of urea groups is 1. The van der Waals surface area contributed by atoms with E-state index in [1.165, 1.54) is 6.26 Å². The first kappa shape index (κ1) is 18.3. The van der Waals surface area contributed by atoms with Gasteiger partial charge >= 0.3 is 6.03 Å². The summed E-state index contributed by atoms with van der Waals surface area (Å²) >= 11 is 12.1. The van der Waals surface area contributed by atoms with E-state index < -0.39 is 11.9 Å². The summed E-state index contributed by atoms with van der Waals surface area (Å²) < 4.78 is 5.08. The molecule has 2 aromatic rings. The molecule has 2 N–H and O–H groups in total. The lowest BCUT2D eigenvalue weighted by molar-refractivity contribution is -0.120. The molecule has 0 bridgehead atoms. The second-order valence-electron chi connectivity index (χ2n) is 5.20. The molecule has 0 aliphatic heterocycles. The zero-order valence-corrected chi connectivity index (χ0v) is 14.5. The molecule has 0 radical (unpaired) electrons. The third-order valence-corrected chi connectivity index (χ3v) is 4.00. The van der Waals surface area contributed by atoms with E-state index >= 15 is 0 Å². The Kier molecular flexibility index (Phi) is 6.66. The summed E-state index contributed by atoms with van der Waals surface area (Å²) in [4.78, 5) is 25.2. The molecule has 1 aromatic carbocycles. The molecule has 1 aromatic heterocycles. The van der Waals surface area contributed by atoms with Crippen LogP contribution in [0.3, 0.4) is 0 Å². The van der Waals surface area contributed by atoms with Crippen molar-refractivity contribution in [1.29, 1.82) is 0 Å². The largest absolute Gasteiger partial charge is 0.467 e. The number of imide groups is 1. The molecule has 24 heavy (non-hydrogen) atoms. The van der Waals surface area contributed by atoms with E-state index in [0.29, 0.717) is 22.4 Å². The van der Waals surface area contributed by atoms with Crippen LogP contribution in [0.4, 0.5) is 4.79 Å². The molecular formula is C16H17Cl2N3O3. The van der Waals surface area contributed by atoms with Crippen molar-refractivity contribution >= 4 is 35.1 Å². The van der Waals surface area contributed by atoms with Gasteiger partial charge < -0.3 is 9.73 Å². The fraction of sp³-hybridized carbons (Fsp3) is 0.250. The monoisotopic (exact) mass is 369 g/mol. The van der Waals surface area contributed by atoms with E-state index in [-0.39, 0.29) is 13.1 Å². The molecule has 1 heterocycles. The Morgan fingerprint density at radius 2 is 2.00 bits per heavy atom. The number of amides is 3. The zero-order valence-electron chi connectivity index (χ0n) is 13.0. The molecule has 3 amide bonds. The van der Waals surface area contributed by atoms with Gasteiger partial charge in [0.1, 0.15) is 5.76 Å². The third kappa shape index (κ3) is 5.56. The van der Waals surface area contributed by atoms with Crippen LogP contribution in [-0.4, -0.2) is 30.4 Å². The number of hydrogen-bond donors (Lipinski definition) is 2. The average Bonchev–Trinajstić information content (AvgIpc) is 3.03. The second-order valence-corrected chi connectivity index (χ2v) is 5.98. The highest BCUT2D eigenvalue weighted by atomic mass is 35.5. The SMILES string of the molecule is CN(CC(=O)NC(=O)NCc1ccco1)Cc1cccc(Cl)c1Cl. The van der Waals surface area contributed by atoms with Crippen LogP contribution in [0.5, 0.6) is 0 Å². The molecule has 0 spiro atoms. The Morgan fingerprint density at radius 1 is 1.21 bits per heavy atom. The Morgan fingerprint density at radius 3 is 2.71 bits per heavy atom. The molecule has 2 rings (SSSR count). The van der Waals surface area contributed by atoms with E-state index in [4.69, 9.17) is 27.6 Å². The van der Waals surface area contributed by atoms with Crippen molar-refractivity contribution in [2.45, 2.75) is 13.1 Å². The normalized spacial score (nSPS) is 10.7. The van der Waals surface area contributed by atoms with E-state index in [9.17, 15) is 9.59 Å². The zero-order chi connectivity index (χ0) is 17.5. The van der Waals surface area contributed by atoms with Crippen LogP contribution in [0.25, 0.3) is 0 Å². The van der Waals surface area contributed by atoms with Gasteiger partial charge in [0.05, 0.1) is 29.4 Å². The summed E-state index contributed by atoms with van der Waals surface area (Å²) in [7, 11) is 1.75. The number of likely N-dealkylation sites (N-methyl/N-ethyl adjacent to an activating group) is 1. The highest BCUT2D eigenvalue weighted by Gasteiger charge is 2.13. The third-order valence-electron chi connectivity index (χ3n) is 3.14. The maximum Gasteiger partial charge on any atom is 0.321 e. The Hall–Kier alpha value is -2.02. The summed E-state index contributed by atoms with van der Waals surface area (Å²) in [6.07, 6.45) is 1.51. The van der Waals surface area contributed by atoms with Gasteiger partial charge in [-0.3, -0.25) is 15.0 Å². The maximum atomic E-state index is 11.9. The number of benzene rings is 1. The molecule has 6 nitrogen and oxygen atoms in total. The molecule has 0 saturated heterocycles. The number of carbonyl (C=O) groups excluding carboxylic acids is 2. The smallest absolute Gasteiger partial charge is 0.321 e. The van der Waals surface area contributed by atoms with Crippen LogP contribution in [-0.2, 0) is 17.9 Å². The predicted molar refractivity (Wildman–Crippen MR) is 91.9 cm³/mol. The minimum Gasteiger partial charge on any atom is -0.467 e. The standard InChI is InChI=1S/C16H17Cl2N3O3/c1-21(9-11-4-2-6-13(17)15(11)18)10-14(22)20-16(23)19-8-12-5-3-7-24-12/h2-7H,8-10H2,1H3,(H2,19,20,22,23). The van der Waals surface area contributed by atoms with Crippen LogP contribution in [0.1, 0.15) is 11.3 Å². The number of rotatable bonds is 6. The topological polar surface area (TPSA) is 74.6 Å². The van der Waals surface area contributed by atoms with Crippen LogP contribution < -0.4 is 10.6 Å². The lowest BCUT2D eigenvalue weighted by Gasteiger charge is -2.17. The Bertz CT molecular complexity index is 705. The first-order valence-corrected chi connectivity index (χ1v) is 7.93. The van der Waals surface area contributed by atoms with Crippen molar-refractivity contribution in [3.63, 3.8) is 0 Å². The van der Waals surface area contributed by atoms with Crippen LogP contribution in [0, 0.1) is 0 Å². The molecule has 0 fully saturated rings. The lowest BCUT2D eigenvalue weighted by atomic mass is 10.2. The van der Waals surface area contributed by atoms with Crippen molar-refractivity contribution in [2.75, 3.05) is 13.6 Å². The number of hydrogen-bond acceptors (Lipinski definition) is 4. The minimum absolute atomic E-state index is 0.0387. The molecule has 0 atom stereocenters. The van der Waals surface area contributed by atoms with Gasteiger partial charge in [0.2, 0.25) is 5.91 Å². The van der Waals surface area contributed by atoms with Crippen LogP contribution >= 0.6 is 23.2 Å². The summed E-state index contributed by atoms with van der Waals surface area (Å²) in [5.74, 6) is 0.179. The predicted octanol–water partition coefficient (Wildman–Crippen LogP) is 3.04. The van der Waals surface area contributed by atoms with Gasteiger partial charge in [-0.2, -0.15) is 0 Å². The first-order chi connectivity index (χ1) is 11.5. The molecule has 0 aliphatic carbocycles. The van der Waals surface area contributed by atoms with Crippen molar-refractivity contribution in [3.8, 4) is 0 Å². The quantitative estimate of drug-likeness (QED) is 0.820.